The number of hydrogen-bond acceptors (Lipinski definition) is 5. The van der Waals surface area contributed by atoms with Gasteiger partial charge in [-0.1, -0.05) is 49.4 Å². The van der Waals surface area contributed by atoms with Gasteiger partial charge in [0.15, 0.2) is 5.82 Å². The number of nitrogens with zero attached hydrogens (tertiary/aromatic N) is 3. The van der Waals surface area contributed by atoms with Crippen molar-refractivity contribution in [2.24, 2.45) is 0 Å². The first-order valence-corrected chi connectivity index (χ1v) is 9.34. The molecule has 0 aliphatic carbocycles. The predicted molar refractivity (Wildman–Crippen MR) is 107 cm³/mol. The predicted octanol–water partition coefficient (Wildman–Crippen LogP) is 3.88. The van der Waals surface area contributed by atoms with Gasteiger partial charge in [0, 0.05) is 13.5 Å². The van der Waals surface area contributed by atoms with Crippen LogP contribution in [0.2, 0.25) is 0 Å². The number of esters is 1. The number of ether oxygens (including phenoxy) is 2. The van der Waals surface area contributed by atoms with Gasteiger partial charge in [0.05, 0.1) is 19.2 Å². The van der Waals surface area contributed by atoms with Gasteiger partial charge in [-0.2, -0.15) is 0 Å². The van der Waals surface area contributed by atoms with Crippen LogP contribution in [0.15, 0.2) is 48.5 Å². The van der Waals surface area contributed by atoms with E-state index in [1.165, 1.54) is 7.11 Å². The molecular formula is C22H25N3O3. The zero-order valence-electron chi connectivity index (χ0n) is 16.5. The minimum atomic E-state index is -0.352. The van der Waals surface area contributed by atoms with Gasteiger partial charge in [-0.25, -0.2) is 4.79 Å². The van der Waals surface area contributed by atoms with E-state index in [1.54, 1.807) is 7.11 Å². The van der Waals surface area contributed by atoms with E-state index in [9.17, 15) is 4.79 Å². The van der Waals surface area contributed by atoms with Crippen LogP contribution in [-0.2, 0) is 29.0 Å². The molecule has 0 saturated heterocycles. The molecule has 2 aromatic carbocycles. The zero-order chi connectivity index (χ0) is 19.9. The smallest absolute Gasteiger partial charge is 0.338 e. The van der Waals surface area contributed by atoms with Crippen molar-refractivity contribution in [3.05, 3.63) is 71.3 Å². The Morgan fingerprint density at radius 1 is 1.04 bits per heavy atom. The molecule has 0 aliphatic heterocycles. The third-order valence-electron chi connectivity index (χ3n) is 4.57. The fourth-order valence-corrected chi connectivity index (χ4v) is 3.22. The van der Waals surface area contributed by atoms with Crippen LogP contribution in [-0.4, -0.2) is 35.0 Å². The van der Waals surface area contributed by atoms with Gasteiger partial charge in [0.1, 0.15) is 12.4 Å². The van der Waals surface area contributed by atoms with Gasteiger partial charge < -0.3 is 14.0 Å². The fourth-order valence-electron chi connectivity index (χ4n) is 3.22. The SMILES string of the molecule is CCCc1nnc(COC)n1Cc1ccc(-c2ccccc2)c(C(=O)OC)c1. The molecule has 28 heavy (non-hydrogen) atoms. The molecule has 0 radical (unpaired) electrons. The van der Waals surface area contributed by atoms with Crippen molar-refractivity contribution in [1.29, 1.82) is 0 Å². The molecule has 3 rings (SSSR count). The molecule has 0 amide bonds. The molecule has 1 aromatic heterocycles. The molecule has 6 nitrogen and oxygen atoms in total. The Bertz CT molecular complexity index is 912. The van der Waals surface area contributed by atoms with Crippen molar-refractivity contribution < 1.29 is 14.3 Å². The average molecular weight is 379 g/mol. The van der Waals surface area contributed by atoms with E-state index >= 15 is 0 Å². The van der Waals surface area contributed by atoms with Gasteiger partial charge in [-0.3, -0.25) is 0 Å². The van der Waals surface area contributed by atoms with E-state index in [0.717, 1.165) is 41.2 Å². The van der Waals surface area contributed by atoms with E-state index in [1.807, 2.05) is 48.5 Å². The van der Waals surface area contributed by atoms with Crippen molar-refractivity contribution >= 4 is 5.97 Å². The van der Waals surface area contributed by atoms with Crippen molar-refractivity contribution in [3.63, 3.8) is 0 Å². The second kappa shape index (κ2) is 9.28. The van der Waals surface area contributed by atoms with Crippen molar-refractivity contribution in [2.45, 2.75) is 32.9 Å². The Labute approximate surface area is 165 Å². The summed E-state index contributed by atoms with van der Waals surface area (Å²) in [5, 5.41) is 8.56. The number of carbonyl (C=O) groups is 1. The fraction of sp³-hybridized carbons (Fsp3) is 0.318. The highest BCUT2D eigenvalue weighted by atomic mass is 16.5. The molecule has 0 fully saturated rings. The number of hydrogen-bond donors (Lipinski definition) is 0. The summed E-state index contributed by atoms with van der Waals surface area (Å²) >= 11 is 0. The lowest BCUT2D eigenvalue weighted by atomic mass is 9.97. The molecule has 0 N–H and O–H groups in total. The third-order valence-corrected chi connectivity index (χ3v) is 4.57. The second-order valence-corrected chi connectivity index (χ2v) is 6.54. The lowest BCUT2D eigenvalue weighted by Gasteiger charge is -2.13. The van der Waals surface area contributed by atoms with Crippen LogP contribution in [0.25, 0.3) is 11.1 Å². The summed E-state index contributed by atoms with van der Waals surface area (Å²) in [6.45, 7) is 3.07. The lowest BCUT2D eigenvalue weighted by Crippen LogP contribution is -2.11. The molecule has 0 bridgehead atoms. The van der Waals surface area contributed by atoms with Crippen LogP contribution < -0.4 is 0 Å². The van der Waals surface area contributed by atoms with E-state index < -0.39 is 0 Å². The Morgan fingerprint density at radius 3 is 2.46 bits per heavy atom. The first kappa shape index (κ1) is 19.8. The maximum atomic E-state index is 12.4. The summed E-state index contributed by atoms with van der Waals surface area (Å²) in [5.74, 6) is 1.34. The Balaban J connectivity index is 2.00. The van der Waals surface area contributed by atoms with E-state index in [4.69, 9.17) is 9.47 Å². The summed E-state index contributed by atoms with van der Waals surface area (Å²) in [6.07, 6.45) is 1.81. The summed E-state index contributed by atoms with van der Waals surface area (Å²) in [5.41, 5.74) is 3.36. The van der Waals surface area contributed by atoms with E-state index in [0.29, 0.717) is 18.7 Å². The highest BCUT2D eigenvalue weighted by Crippen LogP contribution is 2.26. The van der Waals surface area contributed by atoms with Gasteiger partial charge in [-0.15, -0.1) is 10.2 Å². The molecule has 0 atom stereocenters. The first-order valence-electron chi connectivity index (χ1n) is 9.34. The van der Waals surface area contributed by atoms with Gasteiger partial charge in [-0.05, 0) is 29.2 Å². The lowest BCUT2D eigenvalue weighted by molar-refractivity contribution is 0.0601. The van der Waals surface area contributed by atoms with Gasteiger partial charge in [0.2, 0.25) is 0 Å². The maximum Gasteiger partial charge on any atom is 0.338 e. The number of benzene rings is 2. The molecule has 0 unspecified atom stereocenters. The maximum absolute atomic E-state index is 12.4. The Hall–Kier alpha value is -2.99. The van der Waals surface area contributed by atoms with Crippen molar-refractivity contribution in [1.82, 2.24) is 14.8 Å². The highest BCUT2D eigenvalue weighted by molar-refractivity contribution is 5.97. The van der Waals surface area contributed by atoms with Crippen LogP contribution in [0.1, 0.15) is 40.9 Å². The largest absolute Gasteiger partial charge is 0.465 e. The second-order valence-electron chi connectivity index (χ2n) is 6.54. The van der Waals surface area contributed by atoms with E-state index in [-0.39, 0.29) is 5.97 Å². The average Bonchev–Trinajstić information content (AvgIpc) is 3.10. The normalized spacial score (nSPS) is 10.8. The van der Waals surface area contributed by atoms with Crippen molar-refractivity contribution in [2.75, 3.05) is 14.2 Å². The van der Waals surface area contributed by atoms with Gasteiger partial charge in [0.25, 0.3) is 0 Å². The minimum absolute atomic E-state index is 0.352. The molecule has 6 heteroatoms. The van der Waals surface area contributed by atoms with Crippen LogP contribution in [0, 0.1) is 0 Å². The molecule has 3 aromatic rings. The minimum Gasteiger partial charge on any atom is -0.465 e. The molecular weight excluding hydrogens is 354 g/mol. The monoisotopic (exact) mass is 379 g/mol. The molecule has 0 spiro atoms. The molecule has 0 saturated carbocycles. The Kier molecular flexibility index (Phi) is 6.55. The topological polar surface area (TPSA) is 66.2 Å². The quantitative estimate of drug-likeness (QED) is 0.556. The van der Waals surface area contributed by atoms with E-state index in [2.05, 4.69) is 21.7 Å². The third kappa shape index (κ3) is 4.28. The van der Waals surface area contributed by atoms with Crippen LogP contribution in [0.5, 0.6) is 0 Å². The summed E-state index contributed by atoms with van der Waals surface area (Å²) in [4.78, 5) is 12.4. The molecule has 0 aliphatic rings. The summed E-state index contributed by atoms with van der Waals surface area (Å²) in [6, 6.07) is 15.7. The first-order chi connectivity index (χ1) is 13.7. The van der Waals surface area contributed by atoms with Gasteiger partial charge >= 0.3 is 5.97 Å². The summed E-state index contributed by atoms with van der Waals surface area (Å²) < 4.78 is 12.3. The molecule has 146 valence electrons. The van der Waals surface area contributed by atoms with Crippen LogP contribution >= 0.6 is 0 Å². The zero-order valence-corrected chi connectivity index (χ0v) is 16.5. The number of rotatable bonds is 8. The standard InChI is InChI=1S/C22H25N3O3/c1-4-8-20-23-24-21(15-27-2)25(20)14-16-11-12-18(17-9-6-5-7-10-17)19(13-16)22(26)28-3/h5-7,9-13H,4,8,14-15H2,1-3H3. The van der Waals surface area contributed by atoms with Crippen molar-refractivity contribution in [3.8, 4) is 11.1 Å². The number of methoxy groups -OCH3 is 2. The highest BCUT2D eigenvalue weighted by Gasteiger charge is 2.16. The summed E-state index contributed by atoms with van der Waals surface area (Å²) in [7, 11) is 3.04. The Morgan fingerprint density at radius 2 is 1.79 bits per heavy atom. The number of aromatic nitrogens is 3. The number of aryl methyl sites for hydroxylation is 1. The van der Waals surface area contributed by atoms with Crippen LogP contribution in [0.3, 0.4) is 0 Å². The van der Waals surface area contributed by atoms with Crippen LogP contribution in [0.4, 0.5) is 0 Å². The molecule has 1 heterocycles. The number of carbonyl (C=O) groups excluding carboxylic acids is 1.